The number of rotatable bonds is 16. The number of fused-ring (bicyclic) bond motifs is 4. The third-order valence-corrected chi connectivity index (χ3v) is 18.8. The number of aliphatic hydroxyl groups excluding tert-OH is 15. The highest BCUT2D eigenvalue weighted by Crippen LogP contribution is 2.69. The molecule has 0 aromatic rings. The fourth-order valence-corrected chi connectivity index (χ4v) is 14.6. The average molecular weight is 1100 g/mol. The fraction of sp³-hybridized carbons (Fsp3) is 0.940. The summed E-state index contributed by atoms with van der Waals surface area (Å²) in [6.45, 7) is 5.09. The van der Waals surface area contributed by atoms with Crippen LogP contribution >= 0.6 is 0 Å². The van der Waals surface area contributed by atoms with Gasteiger partial charge in [0.15, 0.2) is 18.9 Å². The van der Waals surface area contributed by atoms with Gasteiger partial charge in [-0.15, -0.1) is 0 Å². The van der Waals surface area contributed by atoms with Crippen molar-refractivity contribution in [2.45, 2.75) is 231 Å². The van der Waals surface area contributed by atoms with Crippen LogP contribution in [0.4, 0.5) is 0 Å². The van der Waals surface area contributed by atoms with E-state index in [2.05, 4.69) is 13.5 Å². The number of hydrogen-bond acceptors (Lipinski definition) is 26. The molecule has 76 heavy (non-hydrogen) atoms. The molecule has 6 saturated heterocycles. The van der Waals surface area contributed by atoms with Crippen molar-refractivity contribution in [1.29, 1.82) is 0 Å². The summed E-state index contributed by atoms with van der Waals surface area (Å²) < 4.78 is 59.9. The molecule has 0 radical (unpaired) electrons. The molecule has 0 amide bonds. The third-order valence-electron chi connectivity index (χ3n) is 18.8. The summed E-state index contributed by atoms with van der Waals surface area (Å²) in [4.78, 5) is 14.5. The summed E-state index contributed by atoms with van der Waals surface area (Å²) in [6, 6.07) is 0. The molecule has 9 rings (SSSR count). The Hall–Kier alpha value is -1.75. The quantitative estimate of drug-likeness (QED) is 0.0389. The zero-order chi connectivity index (χ0) is 54.9. The van der Waals surface area contributed by atoms with Crippen LogP contribution in [0.15, 0.2) is 12.2 Å². The van der Waals surface area contributed by atoms with Crippen molar-refractivity contribution in [3.63, 3.8) is 0 Å². The van der Waals surface area contributed by atoms with Crippen LogP contribution in [0.2, 0.25) is 0 Å². The Morgan fingerprint density at radius 1 is 0.539 bits per heavy atom. The molecule has 3 aliphatic carbocycles. The summed E-state index contributed by atoms with van der Waals surface area (Å²) >= 11 is 0. The Kier molecular flexibility index (Phi) is 18.0. The second-order valence-electron chi connectivity index (χ2n) is 23.3. The number of hydrogen-bond donors (Lipinski definition) is 15. The molecule has 0 aromatic heterocycles. The molecule has 9 aliphatic rings. The zero-order valence-electron chi connectivity index (χ0n) is 42.6. The van der Waals surface area contributed by atoms with Crippen LogP contribution in [0, 0.1) is 28.1 Å². The van der Waals surface area contributed by atoms with Crippen LogP contribution in [-0.4, -0.2) is 269 Å². The lowest BCUT2D eigenvalue weighted by Gasteiger charge is -2.65. The monoisotopic (exact) mass is 1100 g/mol. The van der Waals surface area contributed by atoms with Gasteiger partial charge in [0.25, 0.3) is 0 Å². The van der Waals surface area contributed by atoms with Gasteiger partial charge in [-0.05, 0) is 87.4 Å². The van der Waals surface area contributed by atoms with Gasteiger partial charge in [0.2, 0.25) is 6.29 Å². The molecule has 30 atom stereocenters. The second-order valence-corrected chi connectivity index (χ2v) is 23.3. The van der Waals surface area contributed by atoms with Crippen molar-refractivity contribution in [2.75, 3.05) is 33.0 Å². The van der Waals surface area contributed by atoms with Crippen molar-refractivity contribution in [3.8, 4) is 0 Å². The number of allylic oxidation sites excluding steroid dienone is 1. The molecular formula is C50H80O26. The summed E-state index contributed by atoms with van der Waals surface area (Å²) in [6.07, 6.45) is -33.4. The molecule has 0 aromatic carbocycles. The predicted octanol–water partition coefficient (Wildman–Crippen LogP) is -5.58. The van der Waals surface area contributed by atoms with E-state index in [0.29, 0.717) is 51.4 Å². The van der Waals surface area contributed by atoms with Gasteiger partial charge in [0, 0.05) is 0 Å². The lowest BCUT2D eigenvalue weighted by molar-refractivity contribution is -0.373. The molecule has 15 N–H and O–H groups in total. The van der Waals surface area contributed by atoms with Gasteiger partial charge in [-0.3, -0.25) is 4.79 Å². The number of aliphatic hydroxyl groups is 15. The van der Waals surface area contributed by atoms with Gasteiger partial charge in [-0.2, -0.15) is 0 Å². The van der Waals surface area contributed by atoms with E-state index in [-0.39, 0.29) is 18.3 Å². The normalized spacial score (nSPS) is 53.5. The van der Waals surface area contributed by atoms with Crippen molar-refractivity contribution in [3.05, 3.63) is 12.2 Å². The maximum absolute atomic E-state index is 14.5. The average Bonchev–Trinajstić information content (AvgIpc) is 4.21. The summed E-state index contributed by atoms with van der Waals surface area (Å²) in [5.74, 6) is -0.999. The largest absolute Gasteiger partial charge is 0.432 e. The number of carbonyl (C=O) groups excluding carboxylic acids is 1. The Morgan fingerprint density at radius 3 is 1.66 bits per heavy atom. The first-order chi connectivity index (χ1) is 36.1. The lowest BCUT2D eigenvalue weighted by atomic mass is 9.39. The number of esters is 1. The van der Waals surface area contributed by atoms with Gasteiger partial charge in [0.05, 0.1) is 44.6 Å². The molecule has 0 bridgehead atoms. The summed E-state index contributed by atoms with van der Waals surface area (Å²) in [7, 11) is 0. The van der Waals surface area contributed by atoms with Crippen LogP contribution < -0.4 is 0 Å². The smallest absolute Gasteiger partial charge is 0.314 e. The summed E-state index contributed by atoms with van der Waals surface area (Å²) in [5.41, 5.74) is -1.18. The molecule has 26 nitrogen and oxygen atoms in total. The molecule has 9 fully saturated rings. The third kappa shape index (κ3) is 10.7. The minimum atomic E-state index is -1.99. The highest BCUT2D eigenvalue weighted by Gasteiger charge is 2.65. The van der Waals surface area contributed by atoms with Crippen molar-refractivity contribution in [1.82, 2.24) is 0 Å². The topological polar surface area (TPSA) is 416 Å². The van der Waals surface area contributed by atoms with Crippen molar-refractivity contribution >= 4 is 5.97 Å². The first-order valence-electron chi connectivity index (χ1n) is 26.7. The first-order valence-corrected chi connectivity index (χ1v) is 26.7. The Morgan fingerprint density at radius 2 is 1.08 bits per heavy atom. The predicted molar refractivity (Wildman–Crippen MR) is 249 cm³/mol. The van der Waals surface area contributed by atoms with Gasteiger partial charge in [-0.1, -0.05) is 25.5 Å². The van der Waals surface area contributed by atoms with Gasteiger partial charge < -0.3 is 124 Å². The molecule has 6 heterocycles. The summed E-state index contributed by atoms with van der Waals surface area (Å²) in [5, 5.41) is 161. The number of epoxide rings is 1. The van der Waals surface area contributed by atoms with E-state index in [0.717, 1.165) is 12.0 Å². The minimum Gasteiger partial charge on any atom is -0.432 e. The van der Waals surface area contributed by atoms with E-state index in [4.69, 9.17) is 47.4 Å². The minimum absolute atomic E-state index is 0.0684. The Labute approximate surface area is 438 Å². The van der Waals surface area contributed by atoms with E-state index in [1.165, 1.54) is 0 Å². The molecule has 0 spiro atoms. The number of carbonyl (C=O) groups is 1. The molecule has 26 heteroatoms. The second kappa shape index (κ2) is 23.2. The van der Waals surface area contributed by atoms with Crippen LogP contribution in [0.5, 0.6) is 0 Å². The Bertz CT molecular complexity index is 1980. The van der Waals surface area contributed by atoms with Crippen molar-refractivity contribution in [2.24, 2.45) is 28.1 Å². The van der Waals surface area contributed by atoms with E-state index in [9.17, 15) is 81.4 Å². The van der Waals surface area contributed by atoms with Gasteiger partial charge >= 0.3 is 5.97 Å². The van der Waals surface area contributed by atoms with Crippen LogP contribution in [0.25, 0.3) is 0 Å². The molecule has 25 unspecified atom stereocenters. The van der Waals surface area contributed by atoms with Crippen LogP contribution in [0.3, 0.4) is 0 Å². The number of ether oxygens (including phenoxy) is 10. The molecular weight excluding hydrogens is 1020 g/mol. The van der Waals surface area contributed by atoms with Crippen molar-refractivity contribution < 1.29 is 129 Å². The molecule has 6 aliphatic heterocycles. The van der Waals surface area contributed by atoms with Crippen LogP contribution in [-0.2, 0) is 52.2 Å². The van der Waals surface area contributed by atoms with E-state index < -0.39 is 209 Å². The fourth-order valence-electron chi connectivity index (χ4n) is 14.6. The zero-order valence-corrected chi connectivity index (χ0v) is 42.6. The lowest BCUT2D eigenvalue weighted by Crippen LogP contribution is -2.67. The van der Waals surface area contributed by atoms with Gasteiger partial charge in [-0.25, -0.2) is 0 Å². The Balaban J connectivity index is 1.03. The van der Waals surface area contributed by atoms with E-state index in [1.54, 1.807) is 0 Å². The molecule has 3 saturated carbocycles. The molecule has 436 valence electrons. The maximum Gasteiger partial charge on any atom is 0.314 e. The van der Waals surface area contributed by atoms with Crippen LogP contribution in [0.1, 0.15) is 78.1 Å². The maximum atomic E-state index is 14.5. The first kappa shape index (κ1) is 58.9. The standard InChI is InChI=1S/C50H80O26/c1-19-5-6-27-48(2)9-4-10-49(3,47(66)76-46-37(64)34(61)30(57)23(16-53)71-46)26(48)8-12-50(27,13-19)11-7-20-39(74-44-35(62)32(59)28(55)21(14-51)69-44)41(75-45-36(63)33(60)29(56)22(15-52)70-45)31(58)25(68-20)18-67-43-38(65)42-40(73-42)24(17-54)72-43/h20-46,51-65H,1,4-18H2,2-3H3/t20?,21?,22?,23?,24?,25?,26-,27-,28?,29?,30?,31?,32?,33?,34?,35?,36?,37?,38?,39?,40?,41?,42?,43?,44?,45?,46?,48+,49+,50+/m0/s1. The highest BCUT2D eigenvalue weighted by atomic mass is 16.8. The highest BCUT2D eigenvalue weighted by molar-refractivity contribution is 5.77. The van der Waals surface area contributed by atoms with E-state index in [1.807, 2.05) is 6.92 Å². The SMILES string of the molecule is C=C1CC[C@@H]2[C@](CCC3OC(COC4OC(CO)C5OC5C4O)C(O)C(OC4OC(CO)C(O)C(O)C4O)C3OC3OC(CO)C(O)C(O)C3O)(CC[C@H]3[C@@]2(C)CCC[C@@]3(C)C(=O)OC2OC(CO)C(O)C(O)C2O)C1. The van der Waals surface area contributed by atoms with Gasteiger partial charge in [0.1, 0.15) is 122 Å². The van der Waals surface area contributed by atoms with E-state index >= 15 is 0 Å².